The number of aromatic hydroxyl groups is 1. The Bertz CT molecular complexity index is 1140. The summed E-state index contributed by atoms with van der Waals surface area (Å²) in [5.41, 5.74) is 1.48. The number of nitrogens with one attached hydrogen (secondary N) is 1. The number of fused-ring (bicyclic) bond motifs is 1. The summed E-state index contributed by atoms with van der Waals surface area (Å²) in [5.74, 6) is -3.09. The van der Waals surface area contributed by atoms with E-state index in [4.69, 9.17) is 14.6 Å². The summed E-state index contributed by atoms with van der Waals surface area (Å²) in [4.78, 5) is 23.0. The van der Waals surface area contributed by atoms with Gasteiger partial charge in [-0.3, -0.25) is 0 Å². The van der Waals surface area contributed by atoms with E-state index in [2.05, 4.69) is 5.32 Å². The van der Waals surface area contributed by atoms with Gasteiger partial charge in [0.05, 0.1) is 12.7 Å². The largest absolute Gasteiger partial charge is 0.543 e. The third kappa shape index (κ3) is 4.92. The standard InChI is InChI=1S/C23H26N2O11/c26-9-17-18(28)19(29)20(30)23(36-17)35-16-7-11-6-14(22(33)34)25(13(11)8-15(16)27)4-2-10-1-3-24-12(5-10)21(31)32/h2,4-5,7-8,14,17-20,23,26,28-30H,1,3,6,9H2,(H3,27,31,32,33,34)/t14-,17?,18?,19?,20?,23?/m0/s1. The van der Waals surface area contributed by atoms with Gasteiger partial charge in [0.2, 0.25) is 18.0 Å². The molecule has 0 aliphatic carbocycles. The fraction of sp³-hybridized carbons (Fsp3) is 0.435. The Morgan fingerprint density at radius 2 is 1.97 bits per heavy atom. The molecule has 1 fully saturated rings. The third-order valence-electron chi connectivity index (χ3n) is 6.29. The molecule has 0 aromatic heterocycles. The first-order valence-corrected chi connectivity index (χ1v) is 11.2. The van der Waals surface area contributed by atoms with Crippen LogP contribution in [0.4, 0.5) is 5.69 Å². The molecule has 3 aliphatic rings. The lowest BCUT2D eigenvalue weighted by atomic mass is 9.99. The van der Waals surface area contributed by atoms with E-state index in [1.165, 1.54) is 29.0 Å². The van der Waals surface area contributed by atoms with Crippen molar-refractivity contribution in [3.05, 3.63) is 41.1 Å². The Labute approximate surface area is 204 Å². The summed E-state index contributed by atoms with van der Waals surface area (Å²) in [6.07, 6.45) is -2.70. The number of nitrogens with zero attached hydrogens (tertiary/aromatic N) is 1. The average molecular weight is 506 g/mol. The Kier molecular flexibility index (Phi) is 7.28. The fourth-order valence-electron chi connectivity index (χ4n) is 4.34. The molecule has 1 aromatic rings. The van der Waals surface area contributed by atoms with Crippen molar-refractivity contribution in [3.8, 4) is 11.5 Å². The van der Waals surface area contributed by atoms with E-state index < -0.39 is 61.0 Å². The van der Waals surface area contributed by atoms with Crippen LogP contribution in [0.3, 0.4) is 0 Å². The molecular formula is C23H26N2O11. The average Bonchev–Trinajstić information content (AvgIpc) is 3.20. The van der Waals surface area contributed by atoms with E-state index in [9.17, 15) is 40.2 Å². The number of ether oxygens (including phenoxy) is 2. The van der Waals surface area contributed by atoms with Gasteiger partial charge in [-0.1, -0.05) is 0 Å². The minimum atomic E-state index is -1.70. The highest BCUT2D eigenvalue weighted by Gasteiger charge is 2.45. The number of carbonyl (C=O) groups excluding carboxylic acids is 1. The number of phenols is 1. The first kappa shape index (κ1) is 25.6. The second-order valence-electron chi connectivity index (χ2n) is 8.64. The number of phenolic OH excluding ortho intramolecular Hbond substituents is 1. The normalized spacial score (nSPS) is 32.1. The van der Waals surface area contributed by atoms with E-state index in [1.54, 1.807) is 6.08 Å². The number of carboxylic acid groups (broad SMARTS) is 2. The molecule has 36 heavy (non-hydrogen) atoms. The summed E-state index contributed by atoms with van der Waals surface area (Å²) >= 11 is 0. The van der Waals surface area contributed by atoms with E-state index in [0.717, 1.165) is 0 Å². The van der Waals surface area contributed by atoms with Gasteiger partial charge < -0.3 is 55.3 Å². The number of hydrogen-bond donors (Lipinski definition) is 7. The number of rotatable bonds is 6. The highest BCUT2D eigenvalue weighted by molar-refractivity contribution is 5.87. The molecule has 13 nitrogen and oxygen atoms in total. The van der Waals surface area contributed by atoms with E-state index in [-0.39, 0.29) is 17.9 Å². The number of carbonyl (C=O) groups is 2. The van der Waals surface area contributed by atoms with Gasteiger partial charge in [0.1, 0.15) is 36.1 Å². The van der Waals surface area contributed by atoms with Crippen LogP contribution in [-0.2, 0) is 20.7 Å². The molecule has 3 aliphatic heterocycles. The van der Waals surface area contributed by atoms with Gasteiger partial charge in [0.15, 0.2) is 17.7 Å². The molecule has 0 bridgehead atoms. The van der Waals surface area contributed by atoms with Crippen LogP contribution in [0.2, 0.25) is 0 Å². The SMILES string of the molecule is O=C(O)C1=C/C(=C/C=[N+]2c3cc(O)c(OC4OC(CO)C(O)C(O)C4O)cc3C[C@H]2C(=O)[O-])CCN1. The molecule has 0 radical (unpaired) electrons. The number of aliphatic hydroxyl groups excluding tert-OH is 4. The van der Waals surface area contributed by atoms with Gasteiger partial charge in [-0.15, -0.1) is 0 Å². The summed E-state index contributed by atoms with van der Waals surface area (Å²) in [7, 11) is 0. The van der Waals surface area contributed by atoms with Crippen LogP contribution >= 0.6 is 0 Å². The molecule has 3 heterocycles. The predicted octanol–water partition coefficient (Wildman–Crippen LogP) is -3.15. The van der Waals surface area contributed by atoms with Crippen molar-refractivity contribution in [3.63, 3.8) is 0 Å². The van der Waals surface area contributed by atoms with Gasteiger partial charge in [-0.05, 0) is 24.1 Å². The number of allylic oxidation sites excluding steroid dienone is 2. The molecule has 1 aromatic carbocycles. The Hall–Kier alpha value is -3.49. The number of benzene rings is 1. The van der Waals surface area contributed by atoms with Crippen molar-refractivity contribution in [2.24, 2.45) is 0 Å². The van der Waals surface area contributed by atoms with E-state index >= 15 is 0 Å². The van der Waals surface area contributed by atoms with Crippen LogP contribution < -0.4 is 15.2 Å². The molecule has 13 heteroatoms. The van der Waals surface area contributed by atoms with Gasteiger partial charge in [0.25, 0.3) is 0 Å². The minimum absolute atomic E-state index is 0.0135. The number of aliphatic hydroxyl groups is 4. The first-order valence-electron chi connectivity index (χ1n) is 11.2. The van der Waals surface area contributed by atoms with E-state index in [0.29, 0.717) is 29.8 Å². The van der Waals surface area contributed by atoms with E-state index in [1.807, 2.05) is 0 Å². The second-order valence-corrected chi connectivity index (χ2v) is 8.64. The quantitative estimate of drug-likeness (QED) is 0.191. The number of hydrogen-bond acceptors (Lipinski definition) is 11. The molecule has 0 spiro atoms. The summed E-state index contributed by atoms with van der Waals surface area (Å²) in [6, 6.07) is 1.49. The smallest absolute Gasteiger partial charge is 0.351 e. The fourth-order valence-corrected chi connectivity index (χ4v) is 4.34. The van der Waals surface area contributed by atoms with Gasteiger partial charge in [-0.25, -0.2) is 4.79 Å². The molecule has 0 saturated carbocycles. The van der Waals surface area contributed by atoms with Crippen molar-refractivity contribution in [2.45, 2.75) is 49.6 Å². The van der Waals surface area contributed by atoms with Gasteiger partial charge >= 0.3 is 5.97 Å². The number of carboxylic acids is 2. The molecule has 7 N–H and O–H groups in total. The van der Waals surface area contributed by atoms with Gasteiger partial charge in [-0.2, -0.15) is 4.58 Å². The Morgan fingerprint density at radius 3 is 2.64 bits per heavy atom. The summed E-state index contributed by atoms with van der Waals surface area (Å²) in [5, 5.41) is 73.7. The highest BCUT2D eigenvalue weighted by Crippen LogP contribution is 2.40. The van der Waals surface area contributed by atoms with Crippen LogP contribution in [-0.4, -0.2) is 103 Å². The summed E-state index contributed by atoms with van der Waals surface area (Å²) < 4.78 is 12.2. The first-order chi connectivity index (χ1) is 17.1. The van der Waals surface area contributed by atoms with Crippen LogP contribution in [0.5, 0.6) is 11.5 Å². The zero-order valence-corrected chi connectivity index (χ0v) is 18.9. The van der Waals surface area contributed by atoms with Crippen LogP contribution in [0, 0.1) is 0 Å². The Morgan fingerprint density at radius 1 is 1.22 bits per heavy atom. The van der Waals surface area contributed by atoms with Crippen LogP contribution in [0.15, 0.2) is 35.6 Å². The molecular weight excluding hydrogens is 480 g/mol. The number of aliphatic carboxylic acids is 2. The zero-order valence-electron chi connectivity index (χ0n) is 18.9. The molecule has 4 rings (SSSR count). The molecule has 5 unspecified atom stereocenters. The van der Waals surface area contributed by atoms with Crippen LogP contribution in [0.25, 0.3) is 0 Å². The van der Waals surface area contributed by atoms with Crippen molar-refractivity contribution >= 4 is 23.8 Å². The maximum Gasteiger partial charge on any atom is 0.351 e. The lowest BCUT2D eigenvalue weighted by molar-refractivity contribution is -0.475. The molecule has 194 valence electrons. The van der Waals surface area contributed by atoms with Crippen LogP contribution in [0.1, 0.15) is 12.0 Å². The maximum atomic E-state index is 11.8. The van der Waals surface area contributed by atoms with Crippen molar-refractivity contribution < 1.29 is 59.4 Å². The van der Waals surface area contributed by atoms with Crippen molar-refractivity contribution in [2.75, 3.05) is 13.2 Å². The topological polar surface area (TPSA) is 212 Å². The maximum absolute atomic E-state index is 11.8. The predicted molar refractivity (Wildman–Crippen MR) is 117 cm³/mol. The zero-order chi connectivity index (χ0) is 26.1. The third-order valence-corrected chi connectivity index (χ3v) is 6.29. The molecule has 1 saturated heterocycles. The summed E-state index contributed by atoms with van der Waals surface area (Å²) in [6.45, 7) is -0.258. The van der Waals surface area contributed by atoms with Crippen molar-refractivity contribution in [1.82, 2.24) is 5.32 Å². The minimum Gasteiger partial charge on any atom is -0.543 e. The Balaban J connectivity index is 1.63. The second kappa shape index (κ2) is 10.2. The van der Waals surface area contributed by atoms with Crippen molar-refractivity contribution in [1.29, 1.82) is 0 Å². The molecule has 0 amide bonds. The van der Waals surface area contributed by atoms with Gasteiger partial charge in [0, 0.05) is 24.6 Å². The lowest BCUT2D eigenvalue weighted by Crippen LogP contribution is -2.60. The monoisotopic (exact) mass is 506 g/mol. The highest BCUT2D eigenvalue weighted by atomic mass is 16.7. The lowest BCUT2D eigenvalue weighted by Gasteiger charge is -2.39. The molecule has 6 atom stereocenters.